The van der Waals surface area contributed by atoms with Crippen molar-refractivity contribution < 1.29 is 24.2 Å². The minimum absolute atomic E-state index is 0.167. The maximum atomic E-state index is 12.4. The number of carbonyl (C=O) groups excluding carboxylic acids is 2. The van der Waals surface area contributed by atoms with Crippen molar-refractivity contribution in [3.63, 3.8) is 0 Å². The van der Waals surface area contributed by atoms with Crippen LogP contribution in [0.25, 0.3) is 0 Å². The highest BCUT2D eigenvalue weighted by molar-refractivity contribution is 6.05. The van der Waals surface area contributed by atoms with Crippen LogP contribution in [0.4, 0.5) is 0 Å². The highest BCUT2D eigenvalue weighted by Crippen LogP contribution is 2.38. The zero-order valence-corrected chi connectivity index (χ0v) is 17.1. The Morgan fingerprint density at radius 2 is 2.07 bits per heavy atom. The molecular formula is C23H28O5. The Hall–Kier alpha value is -2.66. The third-order valence-corrected chi connectivity index (χ3v) is 4.75. The van der Waals surface area contributed by atoms with E-state index in [9.17, 15) is 14.7 Å². The number of ether oxygens (including phenoxy) is 2. The van der Waals surface area contributed by atoms with Gasteiger partial charge in [-0.3, -0.25) is 4.79 Å². The first-order valence-corrected chi connectivity index (χ1v) is 9.52. The molecule has 0 aromatic carbocycles. The van der Waals surface area contributed by atoms with Crippen molar-refractivity contribution >= 4 is 11.8 Å². The highest BCUT2D eigenvalue weighted by atomic mass is 16.5. The van der Waals surface area contributed by atoms with Crippen LogP contribution in [0.15, 0.2) is 70.8 Å². The van der Waals surface area contributed by atoms with Gasteiger partial charge in [-0.2, -0.15) is 0 Å². The Labute approximate surface area is 166 Å². The van der Waals surface area contributed by atoms with Crippen LogP contribution >= 0.6 is 0 Å². The van der Waals surface area contributed by atoms with Crippen LogP contribution in [0.3, 0.4) is 0 Å². The van der Waals surface area contributed by atoms with Crippen LogP contribution in [-0.4, -0.2) is 29.1 Å². The molecule has 0 aromatic heterocycles. The van der Waals surface area contributed by atoms with Gasteiger partial charge in [-0.25, -0.2) is 4.79 Å². The number of hydrogen-bond donors (Lipinski definition) is 1. The van der Waals surface area contributed by atoms with Gasteiger partial charge >= 0.3 is 5.97 Å². The fraction of sp³-hybridized carbons (Fsp3) is 0.391. The van der Waals surface area contributed by atoms with Crippen molar-refractivity contribution in [2.75, 3.05) is 6.61 Å². The molecule has 1 N–H and O–H groups in total. The van der Waals surface area contributed by atoms with Crippen LogP contribution in [0, 0.1) is 5.92 Å². The van der Waals surface area contributed by atoms with Gasteiger partial charge in [-0.1, -0.05) is 38.0 Å². The number of ketones is 1. The lowest BCUT2D eigenvalue weighted by molar-refractivity contribution is -0.137. The van der Waals surface area contributed by atoms with Crippen molar-refractivity contribution in [3.8, 4) is 0 Å². The molecule has 0 fully saturated rings. The first kappa shape index (κ1) is 21.6. The molecule has 1 aliphatic heterocycles. The van der Waals surface area contributed by atoms with E-state index in [1.807, 2.05) is 19.1 Å². The predicted molar refractivity (Wildman–Crippen MR) is 108 cm³/mol. The topological polar surface area (TPSA) is 72.8 Å². The smallest absolute Gasteiger partial charge is 0.331 e. The highest BCUT2D eigenvalue weighted by Gasteiger charge is 2.41. The van der Waals surface area contributed by atoms with Crippen molar-refractivity contribution in [3.05, 3.63) is 70.8 Å². The second-order valence-corrected chi connectivity index (χ2v) is 7.17. The fourth-order valence-electron chi connectivity index (χ4n) is 2.92. The lowest BCUT2D eigenvalue weighted by atomic mass is 9.77. The number of esters is 1. The number of allylic oxidation sites excluding steroid dienone is 6. The summed E-state index contributed by atoms with van der Waals surface area (Å²) in [7, 11) is 0. The van der Waals surface area contributed by atoms with Gasteiger partial charge in [0, 0.05) is 17.2 Å². The quantitative estimate of drug-likeness (QED) is 0.424. The SMILES string of the molecule is CCOC(=O)C=C1C2=COC(/C=C/C(C)=C/[C@@H](C)CC)=CC2=CC(=O)C1(C)O. The summed E-state index contributed by atoms with van der Waals surface area (Å²) in [6.45, 7) is 9.57. The lowest BCUT2D eigenvalue weighted by Crippen LogP contribution is -2.40. The second kappa shape index (κ2) is 9.02. The summed E-state index contributed by atoms with van der Waals surface area (Å²) in [5.74, 6) is -0.0525. The number of carbonyl (C=O) groups is 2. The standard InChI is InChI=1S/C23H28O5/c1-6-15(3)10-16(4)8-9-18-11-17-12-21(24)23(5,26)20(19(17)14-28-18)13-22(25)27-7-2/h8-15,26H,6-7H2,1-5H3/b9-8+,16-10+,20-13?/t15-,23?/m0/s1. The molecule has 28 heavy (non-hydrogen) atoms. The van der Waals surface area contributed by atoms with E-state index in [4.69, 9.17) is 9.47 Å². The molecule has 0 saturated heterocycles. The molecule has 0 radical (unpaired) electrons. The van der Waals surface area contributed by atoms with Gasteiger partial charge in [0.2, 0.25) is 0 Å². The van der Waals surface area contributed by atoms with E-state index in [1.165, 1.54) is 19.3 Å². The number of hydrogen-bond acceptors (Lipinski definition) is 5. The average Bonchev–Trinajstić information content (AvgIpc) is 2.64. The molecule has 2 rings (SSSR count). The summed E-state index contributed by atoms with van der Waals surface area (Å²) in [5, 5.41) is 10.6. The van der Waals surface area contributed by atoms with E-state index in [0.29, 0.717) is 22.8 Å². The van der Waals surface area contributed by atoms with Crippen LogP contribution < -0.4 is 0 Å². The van der Waals surface area contributed by atoms with Crippen molar-refractivity contribution in [2.45, 2.75) is 46.6 Å². The van der Waals surface area contributed by atoms with Gasteiger partial charge in [-0.05, 0) is 50.5 Å². The number of rotatable bonds is 6. The van der Waals surface area contributed by atoms with E-state index in [0.717, 1.165) is 18.1 Å². The molecule has 0 bridgehead atoms. The predicted octanol–water partition coefficient (Wildman–Crippen LogP) is 4.08. The molecule has 2 atom stereocenters. The van der Waals surface area contributed by atoms with Gasteiger partial charge in [0.15, 0.2) is 5.78 Å². The van der Waals surface area contributed by atoms with Crippen molar-refractivity contribution in [2.24, 2.45) is 5.92 Å². The van der Waals surface area contributed by atoms with Crippen LogP contribution in [0.2, 0.25) is 0 Å². The first-order chi connectivity index (χ1) is 13.2. The Kier molecular flexibility index (Phi) is 6.97. The van der Waals surface area contributed by atoms with E-state index >= 15 is 0 Å². The van der Waals surface area contributed by atoms with Gasteiger partial charge in [0.05, 0.1) is 12.9 Å². The van der Waals surface area contributed by atoms with Crippen LogP contribution in [0.5, 0.6) is 0 Å². The molecule has 0 spiro atoms. The molecule has 1 heterocycles. The van der Waals surface area contributed by atoms with Crippen LogP contribution in [0.1, 0.15) is 41.0 Å². The summed E-state index contributed by atoms with van der Waals surface area (Å²) >= 11 is 0. The minimum atomic E-state index is -1.82. The van der Waals surface area contributed by atoms with Gasteiger partial charge in [-0.15, -0.1) is 0 Å². The molecule has 0 aromatic rings. The van der Waals surface area contributed by atoms with Crippen molar-refractivity contribution in [1.82, 2.24) is 0 Å². The van der Waals surface area contributed by atoms with Gasteiger partial charge in [0.1, 0.15) is 11.4 Å². The summed E-state index contributed by atoms with van der Waals surface area (Å²) in [6.07, 6.45) is 12.7. The molecule has 5 nitrogen and oxygen atoms in total. The molecule has 1 aliphatic carbocycles. The second-order valence-electron chi connectivity index (χ2n) is 7.17. The maximum absolute atomic E-state index is 12.4. The van der Waals surface area contributed by atoms with E-state index in [2.05, 4.69) is 19.9 Å². The van der Waals surface area contributed by atoms with Crippen molar-refractivity contribution in [1.29, 1.82) is 0 Å². The summed E-state index contributed by atoms with van der Waals surface area (Å²) in [4.78, 5) is 24.3. The number of fused-ring (bicyclic) bond motifs is 1. The van der Waals surface area contributed by atoms with E-state index in [1.54, 1.807) is 13.0 Å². The summed E-state index contributed by atoms with van der Waals surface area (Å²) in [5.41, 5.74) is 0.541. The van der Waals surface area contributed by atoms with E-state index < -0.39 is 17.4 Å². The first-order valence-electron chi connectivity index (χ1n) is 9.52. The normalized spacial score (nSPS) is 24.9. The maximum Gasteiger partial charge on any atom is 0.331 e. The molecule has 0 amide bonds. The lowest BCUT2D eigenvalue weighted by Gasteiger charge is -2.32. The third-order valence-electron chi connectivity index (χ3n) is 4.75. The zero-order chi connectivity index (χ0) is 20.9. The fourth-order valence-corrected chi connectivity index (χ4v) is 2.92. The Morgan fingerprint density at radius 1 is 1.36 bits per heavy atom. The molecule has 2 aliphatic rings. The molecule has 1 unspecified atom stereocenters. The summed E-state index contributed by atoms with van der Waals surface area (Å²) in [6, 6.07) is 0. The Balaban J connectivity index is 2.33. The Bertz CT molecular complexity index is 831. The average molecular weight is 384 g/mol. The van der Waals surface area contributed by atoms with Gasteiger partial charge in [0.25, 0.3) is 0 Å². The molecule has 5 heteroatoms. The van der Waals surface area contributed by atoms with Gasteiger partial charge < -0.3 is 14.6 Å². The molecular weight excluding hydrogens is 356 g/mol. The molecule has 0 saturated carbocycles. The Morgan fingerprint density at radius 3 is 2.71 bits per heavy atom. The largest absolute Gasteiger partial charge is 0.464 e. The summed E-state index contributed by atoms with van der Waals surface area (Å²) < 4.78 is 10.6. The van der Waals surface area contributed by atoms with Crippen LogP contribution in [-0.2, 0) is 19.1 Å². The molecule has 150 valence electrons. The third kappa shape index (κ3) is 4.98. The number of aliphatic hydroxyl groups is 1. The monoisotopic (exact) mass is 384 g/mol. The minimum Gasteiger partial charge on any atom is -0.464 e. The zero-order valence-electron chi connectivity index (χ0n) is 17.1. The van der Waals surface area contributed by atoms with E-state index in [-0.39, 0.29) is 12.2 Å².